The predicted molar refractivity (Wildman–Crippen MR) is 60.1 cm³/mol. The molecule has 2 aliphatic rings. The van der Waals surface area contributed by atoms with Gasteiger partial charge in [0, 0.05) is 25.2 Å². The van der Waals surface area contributed by atoms with E-state index in [1.807, 2.05) is 0 Å². The highest BCUT2D eigenvalue weighted by molar-refractivity contribution is 4.85. The van der Waals surface area contributed by atoms with Gasteiger partial charge < -0.3 is 10.6 Å². The van der Waals surface area contributed by atoms with Crippen molar-refractivity contribution in [1.82, 2.24) is 4.90 Å². The van der Waals surface area contributed by atoms with Crippen LogP contribution in [0.5, 0.6) is 0 Å². The van der Waals surface area contributed by atoms with Crippen molar-refractivity contribution in [1.29, 1.82) is 0 Å². The minimum absolute atomic E-state index is 0.496. The van der Waals surface area contributed by atoms with E-state index in [1.54, 1.807) is 0 Å². The van der Waals surface area contributed by atoms with Gasteiger partial charge in [-0.1, -0.05) is 6.92 Å². The Morgan fingerprint density at radius 3 is 2.50 bits per heavy atom. The highest BCUT2D eigenvalue weighted by Gasteiger charge is 2.30. The van der Waals surface area contributed by atoms with E-state index in [1.165, 1.54) is 38.8 Å². The summed E-state index contributed by atoms with van der Waals surface area (Å²) in [5.74, 6) is 1.79. The molecule has 1 heterocycles. The van der Waals surface area contributed by atoms with E-state index in [2.05, 4.69) is 18.7 Å². The molecule has 0 aromatic rings. The zero-order valence-corrected chi connectivity index (χ0v) is 9.58. The van der Waals surface area contributed by atoms with Crippen molar-refractivity contribution in [3.8, 4) is 0 Å². The average molecular weight is 196 g/mol. The molecule has 1 saturated heterocycles. The van der Waals surface area contributed by atoms with Crippen molar-refractivity contribution < 1.29 is 0 Å². The van der Waals surface area contributed by atoms with E-state index in [4.69, 9.17) is 5.73 Å². The molecule has 4 atom stereocenters. The largest absolute Gasteiger partial charge is 0.328 e. The number of nitrogens with two attached hydrogens (primary N) is 1. The Bertz CT molecular complexity index is 193. The molecule has 0 aromatic carbocycles. The number of hydrogen-bond acceptors (Lipinski definition) is 2. The minimum atomic E-state index is 0.496. The van der Waals surface area contributed by atoms with Crippen molar-refractivity contribution in [2.24, 2.45) is 17.6 Å². The molecule has 0 amide bonds. The molecule has 0 spiro atoms. The Labute approximate surface area is 87.8 Å². The second-order valence-electron chi connectivity index (χ2n) is 5.58. The first-order valence-corrected chi connectivity index (χ1v) is 6.14. The summed E-state index contributed by atoms with van der Waals surface area (Å²) in [5.41, 5.74) is 5.94. The first kappa shape index (κ1) is 10.4. The molecule has 0 bridgehead atoms. The standard InChI is InChI=1S/C12H24N2/c1-9-5-10(2)14(7-9)8-11-3-4-12(13)6-11/h9-12H,3-8,13H2,1-2H3. The lowest BCUT2D eigenvalue weighted by Crippen LogP contribution is -2.32. The Hall–Kier alpha value is -0.0800. The maximum atomic E-state index is 5.94. The summed E-state index contributed by atoms with van der Waals surface area (Å²) in [5, 5.41) is 0. The highest BCUT2D eigenvalue weighted by Crippen LogP contribution is 2.29. The molecule has 1 aliphatic carbocycles. The summed E-state index contributed by atoms with van der Waals surface area (Å²) < 4.78 is 0. The fraction of sp³-hybridized carbons (Fsp3) is 1.00. The van der Waals surface area contributed by atoms with Gasteiger partial charge in [-0.25, -0.2) is 0 Å². The van der Waals surface area contributed by atoms with Gasteiger partial charge in [0.1, 0.15) is 0 Å². The van der Waals surface area contributed by atoms with Crippen molar-refractivity contribution in [2.75, 3.05) is 13.1 Å². The van der Waals surface area contributed by atoms with Crippen LogP contribution in [0.1, 0.15) is 39.5 Å². The predicted octanol–water partition coefficient (Wildman–Crippen LogP) is 1.84. The van der Waals surface area contributed by atoms with E-state index < -0.39 is 0 Å². The third-order valence-corrected chi connectivity index (χ3v) is 3.99. The highest BCUT2D eigenvalue weighted by atomic mass is 15.2. The molecule has 4 unspecified atom stereocenters. The summed E-state index contributed by atoms with van der Waals surface area (Å²) in [6.07, 6.45) is 5.26. The topological polar surface area (TPSA) is 29.3 Å². The van der Waals surface area contributed by atoms with Crippen molar-refractivity contribution in [3.05, 3.63) is 0 Å². The van der Waals surface area contributed by atoms with Crippen LogP contribution in [0.15, 0.2) is 0 Å². The molecule has 2 heteroatoms. The molecule has 1 aliphatic heterocycles. The molecule has 0 aromatic heterocycles. The first-order valence-electron chi connectivity index (χ1n) is 6.14. The third kappa shape index (κ3) is 2.29. The summed E-state index contributed by atoms with van der Waals surface area (Å²) in [6.45, 7) is 7.36. The van der Waals surface area contributed by atoms with E-state index in [9.17, 15) is 0 Å². The number of nitrogens with zero attached hydrogens (tertiary/aromatic N) is 1. The monoisotopic (exact) mass is 196 g/mol. The van der Waals surface area contributed by atoms with Crippen molar-refractivity contribution >= 4 is 0 Å². The maximum Gasteiger partial charge on any atom is 0.00701 e. The number of likely N-dealkylation sites (tertiary alicyclic amines) is 1. The Morgan fingerprint density at radius 1 is 1.21 bits per heavy atom. The van der Waals surface area contributed by atoms with Crippen LogP contribution in [-0.4, -0.2) is 30.1 Å². The van der Waals surface area contributed by atoms with Crippen molar-refractivity contribution in [3.63, 3.8) is 0 Å². The smallest absolute Gasteiger partial charge is 0.00701 e. The molecule has 82 valence electrons. The number of hydrogen-bond donors (Lipinski definition) is 1. The Morgan fingerprint density at radius 2 is 2.00 bits per heavy atom. The summed E-state index contributed by atoms with van der Waals surface area (Å²) in [4.78, 5) is 2.67. The molecule has 2 nitrogen and oxygen atoms in total. The van der Waals surface area contributed by atoms with E-state index in [-0.39, 0.29) is 0 Å². The van der Waals surface area contributed by atoms with Crippen LogP contribution in [0.2, 0.25) is 0 Å². The molecule has 2 rings (SSSR count). The van der Waals surface area contributed by atoms with Gasteiger partial charge in [-0.3, -0.25) is 0 Å². The van der Waals surface area contributed by atoms with Gasteiger partial charge in [-0.05, 0) is 44.4 Å². The van der Waals surface area contributed by atoms with Gasteiger partial charge in [-0.15, -0.1) is 0 Å². The average Bonchev–Trinajstić information content (AvgIpc) is 2.61. The molecule has 14 heavy (non-hydrogen) atoms. The van der Waals surface area contributed by atoms with Crippen LogP contribution >= 0.6 is 0 Å². The lowest BCUT2D eigenvalue weighted by Gasteiger charge is -2.24. The van der Waals surface area contributed by atoms with Gasteiger partial charge >= 0.3 is 0 Å². The van der Waals surface area contributed by atoms with E-state index in [0.29, 0.717) is 6.04 Å². The fourth-order valence-corrected chi connectivity index (χ4v) is 3.25. The Balaban J connectivity index is 1.80. The maximum absolute atomic E-state index is 5.94. The van der Waals surface area contributed by atoms with Crippen LogP contribution < -0.4 is 5.73 Å². The molecular weight excluding hydrogens is 172 g/mol. The van der Waals surface area contributed by atoms with Gasteiger partial charge in [0.05, 0.1) is 0 Å². The van der Waals surface area contributed by atoms with Gasteiger partial charge in [0.25, 0.3) is 0 Å². The zero-order valence-electron chi connectivity index (χ0n) is 9.58. The second-order valence-corrected chi connectivity index (χ2v) is 5.58. The van der Waals surface area contributed by atoms with Gasteiger partial charge in [-0.2, -0.15) is 0 Å². The third-order valence-electron chi connectivity index (χ3n) is 3.99. The van der Waals surface area contributed by atoms with Crippen LogP contribution in [0.25, 0.3) is 0 Å². The molecular formula is C12H24N2. The lowest BCUT2D eigenvalue weighted by molar-refractivity contribution is 0.222. The normalized spacial score (nSPS) is 44.8. The Kier molecular flexibility index (Phi) is 3.13. The van der Waals surface area contributed by atoms with Crippen LogP contribution in [-0.2, 0) is 0 Å². The summed E-state index contributed by atoms with van der Waals surface area (Å²) in [7, 11) is 0. The lowest BCUT2D eigenvalue weighted by atomic mass is 10.1. The van der Waals surface area contributed by atoms with Crippen molar-refractivity contribution in [2.45, 2.75) is 51.6 Å². The molecule has 2 fully saturated rings. The van der Waals surface area contributed by atoms with Crippen LogP contribution in [0.4, 0.5) is 0 Å². The van der Waals surface area contributed by atoms with E-state index in [0.717, 1.165) is 17.9 Å². The zero-order chi connectivity index (χ0) is 10.1. The van der Waals surface area contributed by atoms with Crippen LogP contribution in [0.3, 0.4) is 0 Å². The SMILES string of the molecule is CC1CC(C)N(CC2CCC(N)C2)C1. The van der Waals surface area contributed by atoms with Gasteiger partial charge in [0.15, 0.2) is 0 Å². The first-order chi connectivity index (χ1) is 6.65. The molecule has 0 radical (unpaired) electrons. The molecule has 2 N–H and O–H groups in total. The van der Waals surface area contributed by atoms with Crippen LogP contribution in [0, 0.1) is 11.8 Å². The fourth-order valence-electron chi connectivity index (χ4n) is 3.25. The second kappa shape index (κ2) is 4.19. The van der Waals surface area contributed by atoms with Gasteiger partial charge in [0.2, 0.25) is 0 Å². The molecule has 1 saturated carbocycles. The minimum Gasteiger partial charge on any atom is -0.328 e. The quantitative estimate of drug-likeness (QED) is 0.730. The summed E-state index contributed by atoms with van der Waals surface area (Å²) in [6, 6.07) is 1.30. The number of rotatable bonds is 2. The summed E-state index contributed by atoms with van der Waals surface area (Å²) >= 11 is 0. The van der Waals surface area contributed by atoms with E-state index >= 15 is 0 Å².